The van der Waals surface area contributed by atoms with Crippen molar-refractivity contribution in [3.05, 3.63) is 48.0 Å². The van der Waals surface area contributed by atoms with Gasteiger partial charge in [-0.25, -0.2) is 4.98 Å². The van der Waals surface area contributed by atoms with Gasteiger partial charge in [0.05, 0.1) is 19.9 Å². The highest BCUT2D eigenvalue weighted by Gasteiger charge is 2.26. The van der Waals surface area contributed by atoms with Gasteiger partial charge in [0.2, 0.25) is 0 Å². The van der Waals surface area contributed by atoms with E-state index >= 15 is 0 Å². The number of rotatable bonds is 5. The zero-order chi connectivity index (χ0) is 19.3. The van der Waals surface area contributed by atoms with Crippen LogP contribution in [0.3, 0.4) is 0 Å². The largest absolute Gasteiger partial charge is 0.493 e. The lowest BCUT2D eigenvalue weighted by Gasteiger charge is -2.34. The molecule has 1 N–H and O–H groups in total. The number of carbonyl (C=O) groups excluding carboxylic acids is 1. The lowest BCUT2D eigenvalue weighted by molar-refractivity contribution is 0.0696. The molecule has 1 fully saturated rings. The summed E-state index contributed by atoms with van der Waals surface area (Å²) < 4.78 is 11.3. The summed E-state index contributed by atoms with van der Waals surface area (Å²) in [6, 6.07) is 6.49. The van der Waals surface area contributed by atoms with Gasteiger partial charge in [0.15, 0.2) is 11.5 Å². The van der Waals surface area contributed by atoms with Crippen molar-refractivity contribution in [1.82, 2.24) is 20.2 Å². The van der Waals surface area contributed by atoms with Crippen molar-refractivity contribution in [2.24, 2.45) is 5.92 Å². The summed E-state index contributed by atoms with van der Waals surface area (Å²) in [6.07, 6.45) is 7.55. The van der Waals surface area contributed by atoms with Crippen LogP contribution in [0.5, 0.6) is 11.5 Å². The molecule has 1 aromatic carbocycles. The maximum absolute atomic E-state index is 12.5. The number of carbonyl (C=O) groups is 1. The lowest BCUT2D eigenvalue weighted by atomic mass is 9.95. The molecule has 0 bridgehead atoms. The first kappa shape index (κ1) is 18.7. The summed E-state index contributed by atoms with van der Waals surface area (Å²) in [5.74, 6) is 2.11. The first-order valence-corrected chi connectivity index (χ1v) is 9.82. The fraction of sp³-hybridized carbons (Fsp3) is 0.476. The highest BCUT2D eigenvalue weighted by Crippen LogP contribution is 2.35. The minimum Gasteiger partial charge on any atom is -0.493 e. The Hall–Kier alpha value is -2.67. The molecular formula is C21H26N4O3. The fourth-order valence-electron chi connectivity index (χ4n) is 3.94. The number of hydrogen-bond acceptors (Lipinski definition) is 6. The standard InChI is InChI=1S/C21H26N4O3/c1-27-19-4-2-3-16-11-15(14-28-20(16)19)12-24-17-5-9-25(10-6-17)21(26)18-13-22-7-8-23-18/h2-4,7-8,13,15,17,24H,5-6,9-12,14H2,1H3/t15-/m0/s1. The normalized spacial score (nSPS) is 19.6. The van der Waals surface area contributed by atoms with Crippen LogP contribution in [-0.4, -0.2) is 60.2 Å². The Bertz CT molecular complexity index is 807. The number of hydrogen-bond donors (Lipinski definition) is 1. The molecule has 7 nitrogen and oxygen atoms in total. The van der Waals surface area contributed by atoms with Gasteiger partial charge in [0.1, 0.15) is 5.69 Å². The van der Waals surface area contributed by atoms with Crippen LogP contribution in [0.2, 0.25) is 0 Å². The average Bonchev–Trinajstić information content (AvgIpc) is 2.77. The van der Waals surface area contributed by atoms with Crippen LogP contribution >= 0.6 is 0 Å². The van der Waals surface area contributed by atoms with Gasteiger partial charge in [-0.15, -0.1) is 0 Å². The van der Waals surface area contributed by atoms with Crippen LogP contribution in [0.4, 0.5) is 0 Å². The quantitative estimate of drug-likeness (QED) is 0.852. The van der Waals surface area contributed by atoms with Crippen LogP contribution in [0.1, 0.15) is 28.9 Å². The number of fused-ring (bicyclic) bond motifs is 1. The van der Waals surface area contributed by atoms with Gasteiger partial charge in [0.25, 0.3) is 5.91 Å². The van der Waals surface area contributed by atoms with Gasteiger partial charge < -0.3 is 19.7 Å². The van der Waals surface area contributed by atoms with E-state index in [1.807, 2.05) is 17.0 Å². The highest BCUT2D eigenvalue weighted by molar-refractivity contribution is 5.92. The van der Waals surface area contributed by atoms with Crippen molar-refractivity contribution in [3.63, 3.8) is 0 Å². The molecule has 0 unspecified atom stereocenters. The third-order valence-electron chi connectivity index (χ3n) is 5.51. The number of ether oxygens (including phenoxy) is 2. The molecule has 0 aliphatic carbocycles. The van der Waals surface area contributed by atoms with Gasteiger partial charge in [-0.1, -0.05) is 12.1 Å². The fourth-order valence-corrected chi connectivity index (χ4v) is 3.94. The number of nitrogens with zero attached hydrogens (tertiary/aromatic N) is 3. The molecule has 0 spiro atoms. The van der Waals surface area contributed by atoms with Crippen molar-refractivity contribution in [1.29, 1.82) is 0 Å². The Balaban J connectivity index is 1.24. The molecule has 1 atom stereocenters. The second kappa shape index (κ2) is 8.56. The molecule has 28 heavy (non-hydrogen) atoms. The maximum atomic E-state index is 12.5. The summed E-state index contributed by atoms with van der Waals surface area (Å²) >= 11 is 0. The summed E-state index contributed by atoms with van der Waals surface area (Å²) in [6.45, 7) is 3.10. The monoisotopic (exact) mass is 382 g/mol. The van der Waals surface area contributed by atoms with E-state index < -0.39 is 0 Å². The molecule has 0 saturated carbocycles. The minimum absolute atomic E-state index is 0.0298. The molecular weight excluding hydrogens is 356 g/mol. The third kappa shape index (κ3) is 4.09. The summed E-state index contributed by atoms with van der Waals surface area (Å²) in [5, 5.41) is 3.67. The predicted molar refractivity (Wildman–Crippen MR) is 105 cm³/mol. The molecule has 7 heteroatoms. The predicted octanol–water partition coefficient (Wildman–Crippen LogP) is 1.93. The van der Waals surface area contributed by atoms with Crippen LogP contribution in [0.25, 0.3) is 0 Å². The number of aromatic nitrogens is 2. The van der Waals surface area contributed by atoms with E-state index in [1.54, 1.807) is 19.5 Å². The van der Waals surface area contributed by atoms with Crippen LogP contribution in [0, 0.1) is 5.92 Å². The van der Waals surface area contributed by atoms with E-state index in [9.17, 15) is 4.79 Å². The lowest BCUT2D eigenvalue weighted by Crippen LogP contribution is -2.46. The first-order chi connectivity index (χ1) is 13.7. The van der Waals surface area contributed by atoms with E-state index in [0.717, 1.165) is 50.4 Å². The SMILES string of the molecule is COc1cccc2c1OC[C@H](CNC1CCN(C(=O)c3cnccn3)CC1)C2. The summed E-state index contributed by atoms with van der Waals surface area (Å²) in [4.78, 5) is 22.4. The summed E-state index contributed by atoms with van der Waals surface area (Å²) in [7, 11) is 1.67. The number of piperidine rings is 1. The van der Waals surface area contributed by atoms with E-state index in [4.69, 9.17) is 9.47 Å². The molecule has 3 heterocycles. The highest BCUT2D eigenvalue weighted by atomic mass is 16.5. The Labute approximate surface area is 165 Å². The third-order valence-corrected chi connectivity index (χ3v) is 5.51. The number of nitrogens with one attached hydrogen (secondary N) is 1. The molecule has 2 aromatic rings. The smallest absolute Gasteiger partial charge is 0.274 e. The van der Waals surface area contributed by atoms with Crippen LogP contribution < -0.4 is 14.8 Å². The zero-order valence-electron chi connectivity index (χ0n) is 16.1. The molecule has 1 aromatic heterocycles. The van der Waals surface area contributed by atoms with Crippen LogP contribution in [-0.2, 0) is 6.42 Å². The van der Waals surface area contributed by atoms with Gasteiger partial charge >= 0.3 is 0 Å². The van der Waals surface area contributed by atoms with Gasteiger partial charge in [0, 0.05) is 44.0 Å². The molecule has 2 aliphatic heterocycles. The Morgan fingerprint density at radius 3 is 2.93 bits per heavy atom. The van der Waals surface area contributed by atoms with E-state index in [2.05, 4.69) is 21.4 Å². The van der Waals surface area contributed by atoms with Gasteiger partial charge in [-0.3, -0.25) is 9.78 Å². The number of likely N-dealkylation sites (tertiary alicyclic amines) is 1. The second-order valence-electron chi connectivity index (χ2n) is 7.40. The maximum Gasteiger partial charge on any atom is 0.274 e. The minimum atomic E-state index is -0.0298. The molecule has 2 aliphatic rings. The number of benzene rings is 1. The topological polar surface area (TPSA) is 76.6 Å². The van der Waals surface area contributed by atoms with Gasteiger partial charge in [-0.2, -0.15) is 0 Å². The van der Waals surface area contributed by atoms with Crippen molar-refractivity contribution in [2.75, 3.05) is 33.4 Å². The summed E-state index contributed by atoms with van der Waals surface area (Å²) in [5.41, 5.74) is 1.63. The molecule has 4 rings (SSSR count). The number of amides is 1. The average molecular weight is 382 g/mol. The van der Waals surface area contributed by atoms with Crippen molar-refractivity contribution in [2.45, 2.75) is 25.3 Å². The van der Waals surface area contributed by atoms with Crippen LogP contribution in [0.15, 0.2) is 36.8 Å². The second-order valence-corrected chi connectivity index (χ2v) is 7.40. The van der Waals surface area contributed by atoms with Crippen molar-refractivity contribution < 1.29 is 14.3 Å². The molecule has 1 amide bonds. The molecule has 0 radical (unpaired) electrons. The molecule has 1 saturated heterocycles. The van der Waals surface area contributed by atoms with Gasteiger partial charge in [-0.05, 0) is 30.9 Å². The Kier molecular flexibility index (Phi) is 5.71. The van der Waals surface area contributed by atoms with Crippen molar-refractivity contribution in [3.8, 4) is 11.5 Å². The molecule has 148 valence electrons. The zero-order valence-corrected chi connectivity index (χ0v) is 16.1. The van der Waals surface area contributed by atoms with E-state index in [-0.39, 0.29) is 5.91 Å². The first-order valence-electron chi connectivity index (χ1n) is 9.82. The van der Waals surface area contributed by atoms with E-state index in [1.165, 1.54) is 11.8 Å². The van der Waals surface area contributed by atoms with Crippen molar-refractivity contribution >= 4 is 5.91 Å². The van der Waals surface area contributed by atoms with E-state index in [0.29, 0.717) is 24.3 Å². The Morgan fingerprint density at radius 2 is 2.18 bits per heavy atom. The number of para-hydroxylation sites is 1. The number of methoxy groups -OCH3 is 1. The Morgan fingerprint density at radius 1 is 1.32 bits per heavy atom.